The quantitative estimate of drug-likeness (QED) is 0.504. The SMILES string of the molecule is C=C(C)C1C(C)CC(CC)C1C(=C)C.CC.CC. The van der Waals surface area contributed by atoms with E-state index in [1.54, 1.807) is 0 Å². The molecule has 0 spiro atoms. The smallest absolute Gasteiger partial charge is 0.0112 e. The monoisotopic (exact) mass is 252 g/mol. The van der Waals surface area contributed by atoms with Crippen molar-refractivity contribution < 1.29 is 0 Å². The molecule has 0 N–H and O–H groups in total. The third-order valence-corrected chi connectivity index (χ3v) is 3.84. The molecule has 108 valence electrons. The van der Waals surface area contributed by atoms with E-state index in [4.69, 9.17) is 0 Å². The molecule has 0 aromatic carbocycles. The second-order valence-corrected chi connectivity index (χ2v) is 5.13. The summed E-state index contributed by atoms with van der Waals surface area (Å²) >= 11 is 0. The van der Waals surface area contributed by atoms with Gasteiger partial charge in [0.05, 0.1) is 0 Å². The molecule has 4 atom stereocenters. The first-order valence-electron chi connectivity index (χ1n) is 7.79. The number of rotatable bonds is 3. The fourth-order valence-corrected chi connectivity index (χ4v) is 3.34. The van der Waals surface area contributed by atoms with E-state index in [0.717, 1.165) is 11.8 Å². The van der Waals surface area contributed by atoms with E-state index in [2.05, 4.69) is 40.9 Å². The van der Waals surface area contributed by atoms with E-state index in [-0.39, 0.29) is 0 Å². The molecule has 0 heterocycles. The van der Waals surface area contributed by atoms with Gasteiger partial charge in [-0.25, -0.2) is 0 Å². The predicted molar refractivity (Wildman–Crippen MR) is 86.9 cm³/mol. The molecule has 0 amide bonds. The van der Waals surface area contributed by atoms with Gasteiger partial charge in [-0.15, -0.1) is 0 Å². The van der Waals surface area contributed by atoms with Gasteiger partial charge in [0.1, 0.15) is 0 Å². The van der Waals surface area contributed by atoms with Gasteiger partial charge < -0.3 is 0 Å². The van der Waals surface area contributed by atoms with Crippen molar-refractivity contribution in [3.05, 3.63) is 24.3 Å². The van der Waals surface area contributed by atoms with Crippen LogP contribution in [0.15, 0.2) is 24.3 Å². The van der Waals surface area contributed by atoms with Crippen LogP contribution in [0.25, 0.3) is 0 Å². The zero-order chi connectivity index (χ0) is 14.9. The van der Waals surface area contributed by atoms with Gasteiger partial charge in [0, 0.05) is 0 Å². The van der Waals surface area contributed by atoms with Crippen LogP contribution in [-0.4, -0.2) is 0 Å². The molecule has 1 fully saturated rings. The van der Waals surface area contributed by atoms with Crippen LogP contribution in [0.1, 0.15) is 68.2 Å². The van der Waals surface area contributed by atoms with Gasteiger partial charge in [0.2, 0.25) is 0 Å². The Labute approximate surface area is 117 Å². The van der Waals surface area contributed by atoms with Crippen molar-refractivity contribution in [2.45, 2.75) is 68.2 Å². The predicted octanol–water partition coefficient (Wildman–Crippen LogP) is 6.49. The molecule has 0 radical (unpaired) electrons. The Kier molecular flexibility index (Phi) is 11.5. The van der Waals surface area contributed by atoms with E-state index in [1.165, 1.54) is 24.0 Å². The van der Waals surface area contributed by atoms with Crippen molar-refractivity contribution in [1.82, 2.24) is 0 Å². The average molecular weight is 252 g/mol. The van der Waals surface area contributed by atoms with E-state index in [1.807, 2.05) is 27.7 Å². The first-order valence-corrected chi connectivity index (χ1v) is 7.79. The van der Waals surface area contributed by atoms with Gasteiger partial charge in [-0.3, -0.25) is 0 Å². The molecule has 1 aliphatic rings. The minimum Gasteiger partial charge on any atom is -0.0998 e. The lowest BCUT2D eigenvalue weighted by Crippen LogP contribution is -2.18. The van der Waals surface area contributed by atoms with Crippen LogP contribution in [0.3, 0.4) is 0 Å². The fourth-order valence-electron chi connectivity index (χ4n) is 3.34. The lowest BCUT2D eigenvalue weighted by molar-refractivity contribution is 0.372. The highest BCUT2D eigenvalue weighted by Crippen LogP contribution is 2.48. The van der Waals surface area contributed by atoms with Crippen LogP contribution in [0.5, 0.6) is 0 Å². The summed E-state index contributed by atoms with van der Waals surface area (Å²) in [6, 6.07) is 0. The second kappa shape index (κ2) is 10.4. The Hall–Kier alpha value is -0.520. The molecule has 1 rings (SSSR count). The Morgan fingerprint density at radius 3 is 1.61 bits per heavy atom. The highest BCUT2D eigenvalue weighted by Gasteiger charge is 2.40. The molecule has 0 aliphatic heterocycles. The van der Waals surface area contributed by atoms with Crippen molar-refractivity contribution in [3.63, 3.8) is 0 Å². The summed E-state index contributed by atoms with van der Waals surface area (Å²) < 4.78 is 0. The topological polar surface area (TPSA) is 0 Å². The number of hydrogen-bond acceptors (Lipinski definition) is 0. The average Bonchev–Trinajstić information content (AvgIpc) is 2.71. The summed E-state index contributed by atoms with van der Waals surface area (Å²) in [5.41, 5.74) is 2.70. The molecule has 0 heteroatoms. The maximum Gasteiger partial charge on any atom is -0.0112 e. The van der Waals surface area contributed by atoms with Crippen LogP contribution < -0.4 is 0 Å². The molecular formula is C18H36. The fraction of sp³-hybridized carbons (Fsp3) is 0.778. The van der Waals surface area contributed by atoms with Crippen LogP contribution in [-0.2, 0) is 0 Å². The number of hydrogen-bond donors (Lipinski definition) is 0. The molecular weight excluding hydrogens is 216 g/mol. The lowest BCUT2D eigenvalue weighted by atomic mass is 9.79. The summed E-state index contributed by atoms with van der Waals surface area (Å²) in [6.07, 6.45) is 2.64. The minimum atomic E-state index is 0.678. The van der Waals surface area contributed by atoms with Gasteiger partial charge >= 0.3 is 0 Å². The van der Waals surface area contributed by atoms with Crippen molar-refractivity contribution in [1.29, 1.82) is 0 Å². The summed E-state index contributed by atoms with van der Waals surface area (Å²) in [7, 11) is 0. The molecule has 18 heavy (non-hydrogen) atoms. The van der Waals surface area contributed by atoms with E-state index in [0.29, 0.717) is 11.8 Å². The molecule has 0 nitrogen and oxygen atoms in total. The van der Waals surface area contributed by atoms with Crippen LogP contribution in [0.4, 0.5) is 0 Å². The summed E-state index contributed by atoms with van der Waals surface area (Å²) in [6.45, 7) is 25.3. The standard InChI is InChI=1S/C14H24.2C2H6/c1-7-12-8-11(6)13(9(2)3)14(12)10(4)5;2*1-2/h11-14H,2,4,7-8H2,1,3,5-6H3;2*1-2H3. The van der Waals surface area contributed by atoms with Gasteiger partial charge in [-0.2, -0.15) is 0 Å². The first kappa shape index (κ1) is 19.8. The Morgan fingerprint density at radius 2 is 1.33 bits per heavy atom. The van der Waals surface area contributed by atoms with E-state index >= 15 is 0 Å². The number of allylic oxidation sites excluding steroid dienone is 2. The van der Waals surface area contributed by atoms with Crippen LogP contribution in [0, 0.1) is 23.7 Å². The summed E-state index contributed by atoms with van der Waals surface area (Å²) in [5, 5.41) is 0. The van der Waals surface area contributed by atoms with Crippen LogP contribution >= 0.6 is 0 Å². The largest absolute Gasteiger partial charge is 0.0998 e. The maximum atomic E-state index is 4.16. The minimum absolute atomic E-state index is 0.678. The summed E-state index contributed by atoms with van der Waals surface area (Å²) in [4.78, 5) is 0. The summed E-state index contributed by atoms with van der Waals surface area (Å²) in [5.74, 6) is 2.99. The zero-order valence-corrected chi connectivity index (χ0v) is 14.1. The van der Waals surface area contributed by atoms with Gasteiger partial charge in [0.15, 0.2) is 0 Å². The normalized spacial score (nSPS) is 29.6. The van der Waals surface area contributed by atoms with Crippen molar-refractivity contribution >= 4 is 0 Å². The van der Waals surface area contributed by atoms with Gasteiger partial charge in [-0.1, -0.05) is 72.3 Å². The Bertz CT molecular complexity index is 236. The first-order chi connectivity index (χ1) is 8.49. The Morgan fingerprint density at radius 1 is 0.944 bits per heavy atom. The zero-order valence-electron chi connectivity index (χ0n) is 14.1. The third kappa shape index (κ3) is 5.00. The van der Waals surface area contributed by atoms with E-state index in [9.17, 15) is 0 Å². The molecule has 0 aromatic heterocycles. The van der Waals surface area contributed by atoms with Crippen molar-refractivity contribution in [3.8, 4) is 0 Å². The van der Waals surface area contributed by atoms with E-state index < -0.39 is 0 Å². The lowest BCUT2D eigenvalue weighted by Gasteiger charge is -2.26. The Balaban J connectivity index is 0. The maximum absolute atomic E-state index is 4.16. The molecule has 4 unspecified atom stereocenters. The second-order valence-electron chi connectivity index (χ2n) is 5.13. The molecule has 0 saturated heterocycles. The molecule has 1 saturated carbocycles. The van der Waals surface area contributed by atoms with Gasteiger partial charge in [0.25, 0.3) is 0 Å². The van der Waals surface area contributed by atoms with Gasteiger partial charge in [-0.05, 0) is 43.9 Å². The van der Waals surface area contributed by atoms with Crippen molar-refractivity contribution in [2.75, 3.05) is 0 Å². The highest BCUT2D eigenvalue weighted by molar-refractivity contribution is 5.15. The molecule has 1 aliphatic carbocycles. The molecule has 0 aromatic rings. The van der Waals surface area contributed by atoms with Crippen molar-refractivity contribution in [2.24, 2.45) is 23.7 Å². The third-order valence-electron chi connectivity index (χ3n) is 3.84. The van der Waals surface area contributed by atoms with Crippen LogP contribution in [0.2, 0.25) is 0 Å². The molecule has 0 bridgehead atoms. The highest BCUT2D eigenvalue weighted by atomic mass is 14.4.